The number of hydrogen-bond acceptors (Lipinski definition) is 4. The zero-order valence-electron chi connectivity index (χ0n) is 10.8. The molecule has 2 N–H and O–H groups in total. The maximum atomic E-state index is 10.9. The monoisotopic (exact) mass is 278 g/mol. The number of benzene rings is 2. The van der Waals surface area contributed by atoms with Gasteiger partial charge in [0.05, 0.1) is 5.56 Å². The number of carboxylic acid groups (broad SMARTS) is 1. The number of carboxylic acids is 1. The highest BCUT2D eigenvalue weighted by atomic mass is 16.4. The molecule has 1 aromatic heterocycles. The summed E-state index contributed by atoms with van der Waals surface area (Å²) in [6, 6.07) is 12.1. The molecule has 5 heteroatoms. The maximum absolute atomic E-state index is 10.9. The zero-order chi connectivity index (χ0) is 14.8. The number of fused-ring (bicyclic) bond motifs is 1. The highest BCUT2D eigenvalue weighted by molar-refractivity contribution is 5.92. The van der Waals surface area contributed by atoms with Gasteiger partial charge in [0.15, 0.2) is 5.58 Å². The summed E-state index contributed by atoms with van der Waals surface area (Å²) in [5.41, 5.74) is 2.63. The van der Waals surface area contributed by atoms with Crippen molar-refractivity contribution in [1.29, 1.82) is 0 Å². The molecule has 0 bridgehead atoms. The number of rotatable bonds is 3. The Morgan fingerprint density at radius 3 is 2.90 bits per heavy atom. The van der Waals surface area contributed by atoms with Gasteiger partial charge >= 0.3 is 5.97 Å². The van der Waals surface area contributed by atoms with Gasteiger partial charge in [0.2, 0.25) is 0 Å². The summed E-state index contributed by atoms with van der Waals surface area (Å²) >= 11 is 0. The van der Waals surface area contributed by atoms with Crippen molar-refractivity contribution < 1.29 is 14.3 Å². The Morgan fingerprint density at radius 2 is 2.14 bits per heavy atom. The number of nitrogens with zero attached hydrogens (tertiary/aromatic N) is 1. The third kappa shape index (κ3) is 2.55. The SMILES string of the molecule is C#Cc1cccc(Nc2nc3ccc(C(=O)O)cc3o2)c1. The van der Waals surface area contributed by atoms with Gasteiger partial charge in [0.1, 0.15) is 5.52 Å². The average molecular weight is 278 g/mol. The van der Waals surface area contributed by atoms with Gasteiger partial charge in [-0.15, -0.1) is 6.42 Å². The number of hydrogen-bond donors (Lipinski definition) is 2. The third-order valence-electron chi connectivity index (χ3n) is 2.92. The Morgan fingerprint density at radius 1 is 1.29 bits per heavy atom. The van der Waals surface area contributed by atoms with Crippen molar-refractivity contribution in [3.05, 3.63) is 53.6 Å². The van der Waals surface area contributed by atoms with Crippen LogP contribution in [0.4, 0.5) is 11.7 Å². The van der Waals surface area contributed by atoms with Crippen LogP contribution < -0.4 is 5.32 Å². The molecule has 3 aromatic rings. The second-order valence-electron chi connectivity index (χ2n) is 4.36. The van der Waals surface area contributed by atoms with E-state index in [-0.39, 0.29) is 11.6 Å². The van der Waals surface area contributed by atoms with Crippen LogP contribution in [0.5, 0.6) is 0 Å². The second-order valence-corrected chi connectivity index (χ2v) is 4.36. The molecular formula is C16H10N2O3. The van der Waals surface area contributed by atoms with Crippen molar-refractivity contribution in [2.24, 2.45) is 0 Å². The molecule has 21 heavy (non-hydrogen) atoms. The topological polar surface area (TPSA) is 75.4 Å². The molecule has 0 fully saturated rings. The summed E-state index contributed by atoms with van der Waals surface area (Å²) in [5, 5.41) is 11.9. The minimum absolute atomic E-state index is 0.152. The normalized spacial score (nSPS) is 10.2. The molecule has 0 unspecified atom stereocenters. The standard InChI is InChI=1S/C16H10N2O3/c1-2-10-4-3-5-12(8-10)17-16-18-13-7-6-11(15(19)20)9-14(13)21-16/h1,3-9H,(H,17,18)(H,19,20). The van der Waals surface area contributed by atoms with Gasteiger partial charge in [-0.2, -0.15) is 4.98 Å². The molecule has 0 saturated carbocycles. The van der Waals surface area contributed by atoms with Crippen LogP contribution in [0.3, 0.4) is 0 Å². The molecule has 0 radical (unpaired) electrons. The van der Waals surface area contributed by atoms with Crippen LogP contribution in [0, 0.1) is 12.3 Å². The first kappa shape index (κ1) is 12.8. The Bertz CT molecular complexity index is 875. The summed E-state index contributed by atoms with van der Waals surface area (Å²) in [5.74, 6) is 1.53. The number of nitrogens with one attached hydrogen (secondary N) is 1. The Kier molecular flexibility index (Phi) is 3.05. The average Bonchev–Trinajstić information content (AvgIpc) is 2.88. The molecule has 0 spiro atoms. The van der Waals surface area contributed by atoms with Crippen molar-refractivity contribution in [2.45, 2.75) is 0 Å². The molecule has 3 rings (SSSR count). The van der Waals surface area contributed by atoms with E-state index in [4.69, 9.17) is 15.9 Å². The first-order chi connectivity index (χ1) is 10.2. The fourth-order valence-electron chi connectivity index (χ4n) is 1.92. The Labute approximate surface area is 120 Å². The van der Waals surface area contributed by atoms with Crippen LogP contribution in [0.1, 0.15) is 15.9 Å². The lowest BCUT2D eigenvalue weighted by atomic mass is 10.2. The highest BCUT2D eigenvalue weighted by Crippen LogP contribution is 2.23. The van der Waals surface area contributed by atoms with Gasteiger partial charge in [-0.3, -0.25) is 0 Å². The Hall–Kier alpha value is -3.26. The second kappa shape index (κ2) is 5.02. The lowest BCUT2D eigenvalue weighted by Crippen LogP contribution is -1.94. The number of aromatic carboxylic acids is 1. The summed E-state index contributed by atoms with van der Waals surface area (Å²) in [6.07, 6.45) is 5.35. The minimum atomic E-state index is -1.01. The molecule has 0 aliphatic rings. The van der Waals surface area contributed by atoms with E-state index in [0.29, 0.717) is 11.1 Å². The first-order valence-corrected chi connectivity index (χ1v) is 6.13. The third-order valence-corrected chi connectivity index (χ3v) is 2.92. The predicted octanol–water partition coefficient (Wildman–Crippen LogP) is 3.25. The predicted molar refractivity (Wildman–Crippen MR) is 78.6 cm³/mol. The Balaban J connectivity index is 1.94. The van der Waals surface area contributed by atoms with Crippen molar-refractivity contribution in [3.63, 3.8) is 0 Å². The molecule has 1 heterocycles. The van der Waals surface area contributed by atoms with Crippen LogP contribution in [0.15, 0.2) is 46.9 Å². The van der Waals surface area contributed by atoms with E-state index in [9.17, 15) is 4.79 Å². The fraction of sp³-hybridized carbons (Fsp3) is 0. The molecule has 0 aliphatic heterocycles. The lowest BCUT2D eigenvalue weighted by Gasteiger charge is -2.01. The van der Waals surface area contributed by atoms with Crippen molar-refractivity contribution in [1.82, 2.24) is 4.98 Å². The molecule has 102 valence electrons. The molecule has 5 nitrogen and oxygen atoms in total. The first-order valence-electron chi connectivity index (χ1n) is 6.13. The van der Waals surface area contributed by atoms with Gasteiger partial charge in [-0.25, -0.2) is 4.79 Å². The van der Waals surface area contributed by atoms with Crippen LogP contribution in [0.25, 0.3) is 11.1 Å². The lowest BCUT2D eigenvalue weighted by molar-refractivity contribution is 0.0697. The minimum Gasteiger partial charge on any atom is -0.478 e. The molecular weight excluding hydrogens is 268 g/mol. The summed E-state index contributed by atoms with van der Waals surface area (Å²) < 4.78 is 5.50. The van der Waals surface area contributed by atoms with E-state index >= 15 is 0 Å². The highest BCUT2D eigenvalue weighted by Gasteiger charge is 2.10. The smallest absolute Gasteiger partial charge is 0.335 e. The van der Waals surface area contributed by atoms with Gasteiger partial charge in [0.25, 0.3) is 6.01 Å². The van der Waals surface area contributed by atoms with Crippen molar-refractivity contribution in [2.75, 3.05) is 5.32 Å². The van der Waals surface area contributed by atoms with Gasteiger partial charge in [0, 0.05) is 11.3 Å². The molecule has 0 aliphatic carbocycles. The number of oxazole rings is 1. The van der Waals surface area contributed by atoms with E-state index in [1.165, 1.54) is 12.1 Å². The van der Waals surface area contributed by atoms with E-state index in [2.05, 4.69) is 16.2 Å². The van der Waals surface area contributed by atoms with Gasteiger partial charge in [-0.1, -0.05) is 12.0 Å². The molecule has 0 saturated heterocycles. The maximum Gasteiger partial charge on any atom is 0.335 e. The summed E-state index contributed by atoms with van der Waals surface area (Å²) in [7, 11) is 0. The van der Waals surface area contributed by atoms with E-state index in [1.807, 2.05) is 18.2 Å². The molecule has 0 amide bonds. The largest absolute Gasteiger partial charge is 0.478 e. The van der Waals surface area contributed by atoms with Gasteiger partial charge < -0.3 is 14.8 Å². The number of carbonyl (C=O) groups is 1. The summed E-state index contributed by atoms with van der Waals surface area (Å²) in [4.78, 5) is 15.2. The van der Waals surface area contributed by atoms with Crippen LogP contribution in [-0.4, -0.2) is 16.1 Å². The van der Waals surface area contributed by atoms with Gasteiger partial charge in [-0.05, 0) is 36.4 Å². The number of aromatic nitrogens is 1. The number of terminal acetylenes is 1. The van der Waals surface area contributed by atoms with Crippen LogP contribution in [0.2, 0.25) is 0 Å². The fourth-order valence-corrected chi connectivity index (χ4v) is 1.92. The quantitative estimate of drug-likeness (QED) is 0.719. The molecule has 2 aromatic carbocycles. The van der Waals surface area contributed by atoms with E-state index in [1.54, 1.807) is 12.1 Å². The van der Waals surface area contributed by atoms with Crippen molar-refractivity contribution >= 4 is 28.8 Å². The van der Waals surface area contributed by atoms with E-state index < -0.39 is 5.97 Å². The zero-order valence-corrected chi connectivity index (χ0v) is 10.8. The van der Waals surface area contributed by atoms with Crippen molar-refractivity contribution in [3.8, 4) is 12.3 Å². The summed E-state index contributed by atoms with van der Waals surface area (Å²) in [6.45, 7) is 0. The van der Waals surface area contributed by atoms with Crippen LogP contribution in [-0.2, 0) is 0 Å². The number of anilines is 2. The molecule has 0 atom stereocenters. The van der Waals surface area contributed by atoms with Crippen LogP contribution >= 0.6 is 0 Å². The van der Waals surface area contributed by atoms with E-state index in [0.717, 1.165) is 11.3 Å².